The standard InChI is InChI=1S/C25H20BClF3N5/c1-14-11-34(13-32-14)23-5-4-17(10-18(23)26)33-21-9-16(27)12-35-22(3-2-6-31-25(21)35)15-7-19(28)24(30)20(29)8-15/h4-5,7-13,22,33H,2-3,6H2,1H3. The van der Waals surface area contributed by atoms with Crippen LogP contribution in [-0.4, -0.2) is 34.7 Å². The molecular weight excluding hydrogens is 474 g/mol. The van der Waals surface area contributed by atoms with Gasteiger partial charge in [0.25, 0.3) is 0 Å². The minimum atomic E-state index is -1.49. The Bertz CT molecular complexity index is 1370. The summed E-state index contributed by atoms with van der Waals surface area (Å²) >= 11 is 6.44. The number of amidine groups is 1. The second kappa shape index (κ2) is 9.30. The van der Waals surface area contributed by atoms with Crippen molar-refractivity contribution in [2.75, 3.05) is 11.9 Å². The number of anilines is 1. The molecular formula is C25H20BClF3N5. The summed E-state index contributed by atoms with van der Waals surface area (Å²) in [6.45, 7) is 2.41. The summed E-state index contributed by atoms with van der Waals surface area (Å²) in [7, 11) is 6.30. The van der Waals surface area contributed by atoms with Gasteiger partial charge in [-0.05, 0) is 61.7 Å². The highest BCUT2D eigenvalue weighted by Crippen LogP contribution is 2.35. The number of benzene rings is 2. The van der Waals surface area contributed by atoms with Gasteiger partial charge >= 0.3 is 0 Å². The monoisotopic (exact) mass is 493 g/mol. The van der Waals surface area contributed by atoms with Crippen LogP contribution in [0.15, 0.2) is 70.9 Å². The number of aliphatic imine (C=N–C) groups is 1. The molecule has 5 nitrogen and oxygen atoms in total. The van der Waals surface area contributed by atoms with E-state index < -0.39 is 23.5 Å². The molecule has 1 atom stereocenters. The normalized spacial score (nSPS) is 17.8. The van der Waals surface area contributed by atoms with Crippen LogP contribution in [0.3, 0.4) is 0 Å². The largest absolute Gasteiger partial charge is 0.352 e. The van der Waals surface area contributed by atoms with E-state index in [-0.39, 0.29) is 0 Å². The molecule has 1 unspecified atom stereocenters. The zero-order chi connectivity index (χ0) is 24.7. The van der Waals surface area contributed by atoms with Crippen LogP contribution in [0.5, 0.6) is 0 Å². The lowest BCUT2D eigenvalue weighted by Gasteiger charge is -2.34. The summed E-state index contributed by atoms with van der Waals surface area (Å²) in [6, 6.07) is 7.11. The molecule has 0 saturated heterocycles. The van der Waals surface area contributed by atoms with Crippen LogP contribution in [0, 0.1) is 24.4 Å². The van der Waals surface area contributed by atoms with Crippen LogP contribution in [0.25, 0.3) is 5.69 Å². The molecule has 2 aromatic carbocycles. The molecule has 176 valence electrons. The van der Waals surface area contributed by atoms with E-state index in [0.717, 1.165) is 23.5 Å². The van der Waals surface area contributed by atoms with E-state index in [9.17, 15) is 13.2 Å². The molecule has 2 aliphatic heterocycles. The fourth-order valence-electron chi connectivity index (χ4n) is 4.35. The third-order valence-electron chi connectivity index (χ3n) is 5.95. The Balaban J connectivity index is 1.46. The zero-order valence-corrected chi connectivity index (χ0v) is 19.5. The van der Waals surface area contributed by atoms with E-state index in [1.165, 1.54) is 0 Å². The fourth-order valence-corrected chi connectivity index (χ4v) is 4.56. The lowest BCUT2D eigenvalue weighted by Crippen LogP contribution is -2.35. The highest BCUT2D eigenvalue weighted by Gasteiger charge is 2.30. The smallest absolute Gasteiger partial charge is 0.194 e. The number of fused-ring (bicyclic) bond motifs is 1. The fraction of sp³-hybridized carbons (Fsp3) is 0.200. The Hall–Kier alpha value is -3.46. The maximum atomic E-state index is 14.0. The number of rotatable bonds is 4. The van der Waals surface area contributed by atoms with Crippen molar-refractivity contribution in [2.24, 2.45) is 4.99 Å². The number of allylic oxidation sites excluding steroid dienone is 2. The molecule has 1 aromatic heterocycles. The topological polar surface area (TPSA) is 45.5 Å². The van der Waals surface area contributed by atoms with Crippen LogP contribution in [0.4, 0.5) is 18.9 Å². The maximum Gasteiger partial charge on any atom is 0.194 e. The molecule has 3 heterocycles. The lowest BCUT2D eigenvalue weighted by molar-refractivity contribution is 0.381. The number of hydrogen-bond donors (Lipinski definition) is 1. The van der Waals surface area contributed by atoms with Crippen molar-refractivity contribution < 1.29 is 13.2 Å². The Labute approximate surface area is 207 Å². The quantitative estimate of drug-likeness (QED) is 0.410. The summed E-state index contributed by atoms with van der Waals surface area (Å²) in [4.78, 5) is 10.7. The molecule has 0 bridgehead atoms. The van der Waals surface area contributed by atoms with Gasteiger partial charge < -0.3 is 14.8 Å². The van der Waals surface area contributed by atoms with Crippen LogP contribution in [-0.2, 0) is 0 Å². The van der Waals surface area contributed by atoms with Crippen molar-refractivity contribution >= 4 is 36.4 Å². The number of halogens is 4. The molecule has 2 radical (unpaired) electrons. The third-order valence-corrected chi connectivity index (χ3v) is 6.16. The minimum Gasteiger partial charge on any atom is -0.352 e. The first-order chi connectivity index (χ1) is 16.8. The number of hydrogen-bond acceptors (Lipinski definition) is 4. The van der Waals surface area contributed by atoms with Crippen molar-refractivity contribution in [3.05, 3.63) is 94.6 Å². The Morgan fingerprint density at radius 2 is 1.91 bits per heavy atom. The molecule has 0 aliphatic carbocycles. The Morgan fingerprint density at radius 1 is 1.14 bits per heavy atom. The summed E-state index contributed by atoms with van der Waals surface area (Å²) in [5.74, 6) is -3.38. The Kier molecular flexibility index (Phi) is 6.19. The Morgan fingerprint density at radius 3 is 2.60 bits per heavy atom. The van der Waals surface area contributed by atoms with E-state index in [0.29, 0.717) is 52.7 Å². The van der Waals surface area contributed by atoms with Gasteiger partial charge in [-0.25, -0.2) is 18.2 Å². The number of nitrogens with one attached hydrogen (secondary N) is 1. The molecule has 2 aliphatic rings. The predicted octanol–water partition coefficient (Wildman–Crippen LogP) is 5.02. The van der Waals surface area contributed by atoms with Crippen molar-refractivity contribution in [2.45, 2.75) is 25.8 Å². The number of imidazole rings is 1. The van der Waals surface area contributed by atoms with Gasteiger partial charge in [-0.3, -0.25) is 4.99 Å². The van der Waals surface area contributed by atoms with Gasteiger partial charge in [0.15, 0.2) is 23.3 Å². The predicted molar refractivity (Wildman–Crippen MR) is 132 cm³/mol. The SMILES string of the molecule is [B]c1cc(NC2=CC(Cl)=CN3C2=NCCCC3c2cc(F)c(F)c(F)c2)ccc1-n1cnc(C)c1. The van der Waals surface area contributed by atoms with Gasteiger partial charge in [0, 0.05) is 30.3 Å². The molecule has 0 spiro atoms. The first kappa shape index (κ1) is 23.3. The molecule has 5 rings (SSSR count). The van der Waals surface area contributed by atoms with Crippen molar-refractivity contribution in [3.8, 4) is 5.69 Å². The molecule has 0 fully saturated rings. The second-order valence-electron chi connectivity index (χ2n) is 8.46. The number of nitrogens with zero attached hydrogens (tertiary/aromatic N) is 4. The zero-order valence-electron chi connectivity index (χ0n) is 18.8. The molecule has 35 heavy (non-hydrogen) atoms. The first-order valence-corrected chi connectivity index (χ1v) is 11.4. The summed E-state index contributed by atoms with van der Waals surface area (Å²) < 4.78 is 43.4. The van der Waals surface area contributed by atoms with Gasteiger partial charge in [0.2, 0.25) is 0 Å². The minimum absolute atomic E-state index is 0.308. The van der Waals surface area contributed by atoms with Crippen LogP contribution in [0.1, 0.15) is 30.1 Å². The van der Waals surface area contributed by atoms with Crippen LogP contribution < -0.4 is 10.8 Å². The van der Waals surface area contributed by atoms with E-state index in [2.05, 4.69) is 15.3 Å². The van der Waals surface area contributed by atoms with E-state index in [1.54, 1.807) is 29.6 Å². The maximum absolute atomic E-state index is 14.0. The molecule has 10 heteroatoms. The van der Waals surface area contributed by atoms with Crippen LogP contribution in [0.2, 0.25) is 0 Å². The van der Waals surface area contributed by atoms with E-state index >= 15 is 0 Å². The van der Waals surface area contributed by atoms with Gasteiger partial charge in [0.05, 0.1) is 28.8 Å². The average molecular weight is 494 g/mol. The first-order valence-electron chi connectivity index (χ1n) is 11.0. The second-order valence-corrected chi connectivity index (χ2v) is 8.90. The van der Waals surface area contributed by atoms with Gasteiger partial charge in [-0.1, -0.05) is 17.1 Å². The highest BCUT2D eigenvalue weighted by molar-refractivity contribution is 6.35. The molecule has 1 N–H and O–H groups in total. The van der Waals surface area contributed by atoms with Crippen molar-refractivity contribution in [1.29, 1.82) is 0 Å². The lowest BCUT2D eigenvalue weighted by atomic mass is 9.93. The van der Waals surface area contributed by atoms with Crippen molar-refractivity contribution in [3.63, 3.8) is 0 Å². The van der Waals surface area contributed by atoms with E-state index in [1.807, 2.05) is 29.8 Å². The van der Waals surface area contributed by atoms with Gasteiger partial charge in [0.1, 0.15) is 7.85 Å². The molecule has 3 aromatic rings. The summed E-state index contributed by atoms with van der Waals surface area (Å²) in [6.07, 6.45) is 8.20. The van der Waals surface area contributed by atoms with Crippen LogP contribution >= 0.6 is 11.6 Å². The van der Waals surface area contributed by atoms with Gasteiger partial charge in [-0.2, -0.15) is 0 Å². The average Bonchev–Trinajstić information content (AvgIpc) is 3.12. The highest BCUT2D eigenvalue weighted by atomic mass is 35.5. The molecule has 0 saturated carbocycles. The summed E-state index contributed by atoms with van der Waals surface area (Å²) in [5.41, 5.74) is 3.84. The molecule has 0 amide bonds. The third kappa shape index (κ3) is 4.60. The van der Waals surface area contributed by atoms with E-state index in [4.69, 9.17) is 19.4 Å². The number of aromatic nitrogens is 2. The van der Waals surface area contributed by atoms with Gasteiger partial charge in [-0.15, -0.1) is 0 Å². The van der Waals surface area contributed by atoms with Crippen molar-refractivity contribution in [1.82, 2.24) is 14.5 Å². The summed E-state index contributed by atoms with van der Waals surface area (Å²) in [5, 5.41) is 3.72. The number of aryl methyl sites for hydroxylation is 1.